The van der Waals surface area contributed by atoms with Crippen molar-refractivity contribution < 1.29 is 4.74 Å². The van der Waals surface area contributed by atoms with Crippen LogP contribution in [0.3, 0.4) is 0 Å². The molecular formula is C15H28N4O. The number of hydrazine groups is 1. The Kier molecular flexibility index (Phi) is 5.18. The third-order valence-corrected chi connectivity index (χ3v) is 4.53. The van der Waals surface area contributed by atoms with Crippen LogP contribution in [0.1, 0.15) is 57.6 Å². The molecule has 0 radical (unpaired) electrons. The summed E-state index contributed by atoms with van der Waals surface area (Å²) in [7, 11) is 1.80. The lowest BCUT2D eigenvalue weighted by molar-refractivity contribution is -0.0806. The van der Waals surface area contributed by atoms with Crippen LogP contribution in [-0.2, 0) is 11.3 Å². The second-order valence-corrected chi connectivity index (χ2v) is 6.11. The van der Waals surface area contributed by atoms with E-state index in [1.807, 2.05) is 10.9 Å². The van der Waals surface area contributed by atoms with Gasteiger partial charge in [0.1, 0.15) is 0 Å². The average molecular weight is 280 g/mol. The molecule has 2 rings (SSSR count). The number of rotatable bonds is 6. The number of nitrogens with one attached hydrogen (secondary N) is 1. The van der Waals surface area contributed by atoms with Gasteiger partial charge in [-0.2, -0.15) is 5.10 Å². The molecule has 0 saturated heterocycles. The highest BCUT2D eigenvalue weighted by molar-refractivity contribution is 5.17. The Balaban J connectivity index is 2.23. The quantitative estimate of drug-likeness (QED) is 0.620. The highest BCUT2D eigenvalue weighted by Gasteiger charge is 2.43. The van der Waals surface area contributed by atoms with E-state index in [0.29, 0.717) is 5.92 Å². The van der Waals surface area contributed by atoms with E-state index < -0.39 is 0 Å². The third kappa shape index (κ3) is 3.05. The minimum atomic E-state index is -0.216. The van der Waals surface area contributed by atoms with Gasteiger partial charge < -0.3 is 4.74 Å². The maximum absolute atomic E-state index is 5.95. The maximum Gasteiger partial charge on any atom is 0.0889 e. The van der Waals surface area contributed by atoms with Gasteiger partial charge in [0.25, 0.3) is 0 Å². The van der Waals surface area contributed by atoms with Crippen LogP contribution >= 0.6 is 0 Å². The zero-order valence-corrected chi connectivity index (χ0v) is 12.9. The van der Waals surface area contributed by atoms with Gasteiger partial charge in [-0.25, -0.2) is 5.43 Å². The van der Waals surface area contributed by atoms with Gasteiger partial charge in [-0.05, 0) is 25.2 Å². The molecule has 3 N–H and O–H groups in total. The summed E-state index contributed by atoms with van der Waals surface area (Å²) in [4.78, 5) is 0. The van der Waals surface area contributed by atoms with Crippen LogP contribution in [-0.4, -0.2) is 22.5 Å². The van der Waals surface area contributed by atoms with Crippen LogP contribution in [0.4, 0.5) is 0 Å². The second kappa shape index (κ2) is 6.70. The lowest BCUT2D eigenvalue weighted by atomic mass is 9.73. The van der Waals surface area contributed by atoms with Crippen molar-refractivity contribution in [2.24, 2.45) is 11.8 Å². The Labute approximate surface area is 121 Å². The standard InChI is InChI=1S/C15H28N4O/c1-4-8-19-11-13(10-17-19)14(18-16)15(20-3)7-5-6-12(2)9-15/h10-12,14,18H,4-9,16H2,1-3H3. The summed E-state index contributed by atoms with van der Waals surface area (Å²) in [5.74, 6) is 6.53. The average Bonchev–Trinajstić information content (AvgIpc) is 2.88. The fourth-order valence-corrected chi connectivity index (χ4v) is 3.54. The van der Waals surface area contributed by atoms with Gasteiger partial charge in [-0.3, -0.25) is 10.5 Å². The number of ether oxygens (including phenoxy) is 1. The van der Waals surface area contributed by atoms with E-state index >= 15 is 0 Å². The predicted molar refractivity (Wildman–Crippen MR) is 80.0 cm³/mol. The molecule has 5 nitrogen and oxygen atoms in total. The van der Waals surface area contributed by atoms with Crippen LogP contribution in [0.2, 0.25) is 0 Å². The van der Waals surface area contributed by atoms with Crippen LogP contribution < -0.4 is 11.3 Å². The molecule has 5 heteroatoms. The Bertz CT molecular complexity index is 420. The summed E-state index contributed by atoms with van der Waals surface area (Å²) in [5, 5.41) is 4.42. The lowest BCUT2D eigenvalue weighted by Crippen LogP contribution is -2.50. The van der Waals surface area contributed by atoms with Gasteiger partial charge in [-0.1, -0.05) is 26.7 Å². The first kappa shape index (κ1) is 15.5. The van der Waals surface area contributed by atoms with E-state index in [9.17, 15) is 0 Å². The molecule has 114 valence electrons. The van der Waals surface area contributed by atoms with Crippen molar-refractivity contribution in [2.45, 2.75) is 64.1 Å². The summed E-state index contributed by atoms with van der Waals surface area (Å²) in [5.41, 5.74) is 3.88. The lowest BCUT2D eigenvalue weighted by Gasteiger charge is -2.44. The first-order valence-electron chi connectivity index (χ1n) is 7.69. The SMILES string of the molecule is CCCn1cc(C(NN)C2(OC)CCCC(C)C2)cn1. The van der Waals surface area contributed by atoms with Crippen LogP contribution in [0.15, 0.2) is 12.4 Å². The number of nitrogens with zero attached hydrogens (tertiary/aromatic N) is 2. The number of hydrogen-bond donors (Lipinski definition) is 2. The molecule has 20 heavy (non-hydrogen) atoms. The molecule has 0 amide bonds. The number of hydrogen-bond acceptors (Lipinski definition) is 4. The normalized spacial score (nSPS) is 28.5. The number of aromatic nitrogens is 2. The summed E-state index contributed by atoms with van der Waals surface area (Å²) < 4.78 is 7.93. The summed E-state index contributed by atoms with van der Waals surface area (Å²) >= 11 is 0. The molecule has 3 unspecified atom stereocenters. The molecule has 0 aliphatic heterocycles. The molecule has 1 aromatic heterocycles. The molecule has 1 saturated carbocycles. The van der Waals surface area contributed by atoms with Gasteiger partial charge in [-0.15, -0.1) is 0 Å². The molecule has 1 aromatic rings. The monoisotopic (exact) mass is 280 g/mol. The van der Waals surface area contributed by atoms with Gasteiger partial charge in [0, 0.05) is 25.4 Å². The summed E-state index contributed by atoms with van der Waals surface area (Å²) in [6.07, 6.45) is 9.63. The molecule has 0 bridgehead atoms. The summed E-state index contributed by atoms with van der Waals surface area (Å²) in [6, 6.07) is 0.000793. The minimum Gasteiger partial charge on any atom is -0.376 e. The van der Waals surface area contributed by atoms with Crippen molar-refractivity contribution >= 4 is 0 Å². The fourth-order valence-electron chi connectivity index (χ4n) is 3.54. The zero-order chi connectivity index (χ0) is 14.6. The van der Waals surface area contributed by atoms with E-state index in [1.165, 1.54) is 12.8 Å². The van der Waals surface area contributed by atoms with Crippen molar-refractivity contribution in [3.8, 4) is 0 Å². The van der Waals surface area contributed by atoms with E-state index in [-0.39, 0.29) is 11.6 Å². The van der Waals surface area contributed by atoms with Crippen LogP contribution in [0.5, 0.6) is 0 Å². The smallest absolute Gasteiger partial charge is 0.0889 e. The Morgan fingerprint density at radius 1 is 1.65 bits per heavy atom. The first-order valence-corrected chi connectivity index (χ1v) is 7.69. The molecule has 0 aromatic carbocycles. The maximum atomic E-state index is 5.95. The van der Waals surface area contributed by atoms with Crippen molar-refractivity contribution in [2.75, 3.05) is 7.11 Å². The van der Waals surface area contributed by atoms with Crippen LogP contribution in [0, 0.1) is 5.92 Å². The van der Waals surface area contributed by atoms with Crippen molar-refractivity contribution in [3.63, 3.8) is 0 Å². The highest BCUT2D eigenvalue weighted by Crippen LogP contribution is 2.42. The fraction of sp³-hybridized carbons (Fsp3) is 0.800. The van der Waals surface area contributed by atoms with E-state index in [4.69, 9.17) is 10.6 Å². The Morgan fingerprint density at radius 2 is 2.45 bits per heavy atom. The molecule has 1 heterocycles. The van der Waals surface area contributed by atoms with Gasteiger partial charge in [0.2, 0.25) is 0 Å². The minimum absolute atomic E-state index is 0.000793. The third-order valence-electron chi connectivity index (χ3n) is 4.53. The molecular weight excluding hydrogens is 252 g/mol. The predicted octanol–water partition coefficient (Wildman–Crippen LogP) is 2.39. The molecule has 1 fully saturated rings. The van der Waals surface area contributed by atoms with Gasteiger partial charge in [0.15, 0.2) is 0 Å². The van der Waals surface area contributed by atoms with E-state index in [2.05, 4.69) is 30.6 Å². The van der Waals surface area contributed by atoms with Crippen molar-refractivity contribution in [1.82, 2.24) is 15.2 Å². The Hall–Kier alpha value is -0.910. The van der Waals surface area contributed by atoms with Gasteiger partial charge in [0.05, 0.1) is 17.8 Å². The van der Waals surface area contributed by atoms with E-state index in [1.54, 1.807) is 7.11 Å². The first-order chi connectivity index (χ1) is 9.65. The number of methoxy groups -OCH3 is 1. The molecule has 0 spiro atoms. The number of nitrogens with two attached hydrogens (primary N) is 1. The largest absolute Gasteiger partial charge is 0.376 e. The summed E-state index contributed by atoms with van der Waals surface area (Å²) in [6.45, 7) is 5.38. The zero-order valence-electron chi connectivity index (χ0n) is 12.9. The van der Waals surface area contributed by atoms with Gasteiger partial charge >= 0.3 is 0 Å². The molecule has 1 aliphatic carbocycles. The highest BCUT2D eigenvalue weighted by atomic mass is 16.5. The second-order valence-electron chi connectivity index (χ2n) is 6.11. The van der Waals surface area contributed by atoms with Crippen LogP contribution in [0.25, 0.3) is 0 Å². The Morgan fingerprint density at radius 3 is 3.05 bits per heavy atom. The number of aryl methyl sites for hydroxylation is 1. The molecule has 1 aliphatic rings. The molecule has 3 atom stereocenters. The van der Waals surface area contributed by atoms with E-state index in [0.717, 1.165) is 31.4 Å². The van der Waals surface area contributed by atoms with Crippen molar-refractivity contribution in [3.05, 3.63) is 18.0 Å². The van der Waals surface area contributed by atoms with Crippen molar-refractivity contribution in [1.29, 1.82) is 0 Å². The topological polar surface area (TPSA) is 65.1 Å².